The first-order valence-electron chi connectivity index (χ1n) is 12.1. The van der Waals surface area contributed by atoms with Crippen LogP contribution in [-0.2, 0) is 7.05 Å². The van der Waals surface area contributed by atoms with Crippen molar-refractivity contribution in [1.29, 1.82) is 0 Å². The van der Waals surface area contributed by atoms with Gasteiger partial charge in [-0.15, -0.1) is 15.6 Å². The first kappa shape index (κ1) is 29.3. The Bertz CT molecular complexity index is 1640. The van der Waals surface area contributed by atoms with E-state index in [9.17, 15) is 4.79 Å². The summed E-state index contributed by atoms with van der Waals surface area (Å²) >= 11 is 0. The summed E-state index contributed by atoms with van der Waals surface area (Å²) < 4.78 is 1.84. The van der Waals surface area contributed by atoms with Crippen molar-refractivity contribution >= 4 is 107 Å². The largest absolute Gasteiger partial charge is 0.382 e. The van der Waals surface area contributed by atoms with E-state index in [4.69, 9.17) is 78.5 Å². The van der Waals surface area contributed by atoms with Crippen LogP contribution in [0.15, 0.2) is 55.2 Å². The molecule has 176 valence electrons. The van der Waals surface area contributed by atoms with Crippen LogP contribution in [0.5, 0.6) is 0 Å². The van der Waals surface area contributed by atoms with Gasteiger partial charge in [-0.05, 0) is 34.9 Å². The van der Waals surface area contributed by atoms with Gasteiger partial charge in [0.15, 0.2) is 0 Å². The lowest BCUT2D eigenvalue weighted by Crippen LogP contribution is -2.81. The highest BCUT2D eigenvalue weighted by molar-refractivity contribution is 6.71. The van der Waals surface area contributed by atoms with Gasteiger partial charge < -0.3 is 14.8 Å². The number of rotatable bonds is 4. The van der Waals surface area contributed by atoms with Crippen molar-refractivity contribution in [3.05, 3.63) is 60.8 Å². The van der Waals surface area contributed by atoms with E-state index >= 15 is 0 Å². The smallest absolute Gasteiger partial charge is 0.257 e. The number of carbonyl (C=O) groups is 1. The Morgan fingerprint density at radius 1 is 0.829 bits per heavy atom. The normalized spacial score (nSPS) is 19.9. The minimum atomic E-state index is -2.37. The average Bonchev–Trinajstić information content (AvgIpc) is 3.33. The molecule has 0 atom stereocenters. The third-order valence-electron chi connectivity index (χ3n) is 7.57. The van der Waals surface area contributed by atoms with Gasteiger partial charge in [0.05, 0.1) is 108 Å². The summed E-state index contributed by atoms with van der Waals surface area (Å²) in [5, 5.41) is -8.35. The van der Waals surface area contributed by atoms with E-state index < -0.39 is 32.2 Å². The van der Waals surface area contributed by atoms with Crippen LogP contribution >= 0.6 is 0 Å². The number of anilines is 2. The SMILES string of the molecule is [B]C1([B])N(c2cc(C(=O)Nc3cc4nc(-c5cncn5C)ccc4cn3)ccn2)C([B])([B])C([B])([B])C([B])([B])C1([B])[B]. The predicted molar refractivity (Wildman–Crippen MR) is 167 cm³/mol. The van der Waals surface area contributed by atoms with E-state index in [-0.39, 0.29) is 17.2 Å². The standard InChI is InChI=1S/C23H13B10N7O/c1-39-10-34-9-15(39)13-3-2-12-8-36-16(7-14(12)37-13)38-18(41)11-4-5-35-17(6-11)40-22(30,31)20(26,27)19(24,25)21(28,29)23(40,32)33/h2-10H,1H3,(H,36,38,41). The lowest BCUT2D eigenvalue weighted by molar-refractivity contribution is 0.102. The van der Waals surface area contributed by atoms with Crippen molar-refractivity contribution in [1.82, 2.24) is 24.5 Å². The Hall–Kier alpha value is -3.16. The fourth-order valence-corrected chi connectivity index (χ4v) is 4.76. The van der Waals surface area contributed by atoms with E-state index in [0.717, 1.165) is 16.0 Å². The van der Waals surface area contributed by atoms with Gasteiger partial charge in [0.1, 0.15) is 11.6 Å². The van der Waals surface area contributed by atoms with Gasteiger partial charge in [-0.25, -0.2) is 19.9 Å². The number of fused-ring (bicyclic) bond motifs is 1. The fourth-order valence-electron chi connectivity index (χ4n) is 4.76. The third-order valence-corrected chi connectivity index (χ3v) is 7.57. The zero-order valence-electron chi connectivity index (χ0n) is 22.1. The monoisotopic (exact) mass is 513 g/mol. The Balaban J connectivity index is 1.48. The van der Waals surface area contributed by atoms with E-state index in [1.54, 1.807) is 24.8 Å². The molecule has 1 N–H and O–H groups in total. The number of pyridine rings is 3. The summed E-state index contributed by atoms with van der Waals surface area (Å²) in [4.78, 5) is 31.4. The molecule has 20 radical (unpaired) electrons. The topological polar surface area (TPSA) is 88.8 Å². The number of hydrogen-bond donors (Lipinski definition) is 1. The quantitative estimate of drug-likeness (QED) is 0.348. The van der Waals surface area contributed by atoms with Crippen molar-refractivity contribution in [2.45, 2.75) is 26.3 Å². The number of nitrogens with one attached hydrogen (secondary N) is 1. The van der Waals surface area contributed by atoms with Crippen molar-refractivity contribution in [2.75, 3.05) is 10.2 Å². The number of imidazole rings is 1. The van der Waals surface area contributed by atoms with Gasteiger partial charge in [0.2, 0.25) is 0 Å². The Morgan fingerprint density at radius 2 is 1.49 bits per heavy atom. The summed E-state index contributed by atoms with van der Waals surface area (Å²) in [7, 11) is 64.1. The van der Waals surface area contributed by atoms with Crippen LogP contribution in [0.2, 0.25) is 15.6 Å². The number of carbonyl (C=O) groups excluding carboxylic acids is 1. The highest BCUT2D eigenvalue weighted by Gasteiger charge is 2.64. The van der Waals surface area contributed by atoms with Crippen molar-refractivity contribution in [3.63, 3.8) is 0 Å². The first-order chi connectivity index (χ1) is 18.9. The molecular weight excluding hydrogens is 498 g/mol. The van der Waals surface area contributed by atoms with Crippen LogP contribution in [0.1, 0.15) is 10.4 Å². The van der Waals surface area contributed by atoms with Crippen LogP contribution in [0.4, 0.5) is 11.6 Å². The molecule has 0 aromatic carbocycles. The molecule has 0 unspecified atom stereocenters. The zero-order chi connectivity index (χ0) is 30.2. The molecule has 0 saturated carbocycles. The number of nitrogens with zero attached hydrogens (tertiary/aromatic N) is 6. The third kappa shape index (κ3) is 4.23. The summed E-state index contributed by atoms with van der Waals surface area (Å²) in [6.45, 7) is 0. The molecule has 5 rings (SSSR count). The van der Waals surface area contributed by atoms with Gasteiger partial charge in [0, 0.05) is 36.5 Å². The number of piperidine rings is 1. The molecule has 0 spiro atoms. The molecule has 1 aliphatic heterocycles. The lowest BCUT2D eigenvalue weighted by Gasteiger charge is -2.79. The second kappa shape index (κ2) is 9.43. The highest BCUT2D eigenvalue weighted by Crippen LogP contribution is 2.69. The molecule has 1 saturated heterocycles. The molecule has 1 aliphatic rings. The van der Waals surface area contributed by atoms with Crippen molar-refractivity contribution in [2.24, 2.45) is 7.05 Å². The van der Waals surface area contributed by atoms with Crippen LogP contribution in [0.25, 0.3) is 22.3 Å². The fraction of sp³-hybridized carbons (Fsp3) is 0.261. The minimum absolute atomic E-state index is 0.0803. The Morgan fingerprint density at radius 3 is 2.10 bits per heavy atom. The van der Waals surface area contributed by atoms with Gasteiger partial charge in [-0.2, -0.15) is 0 Å². The summed E-state index contributed by atoms with van der Waals surface area (Å²) in [5.41, 5.74) is 2.20. The maximum Gasteiger partial charge on any atom is 0.257 e. The Labute approximate surface area is 251 Å². The van der Waals surface area contributed by atoms with Gasteiger partial charge in [0.25, 0.3) is 5.91 Å². The highest BCUT2D eigenvalue weighted by atomic mass is 16.1. The maximum absolute atomic E-state index is 13.3. The summed E-state index contributed by atoms with van der Waals surface area (Å²) in [5.74, 6) is -0.489. The molecule has 1 amide bonds. The van der Waals surface area contributed by atoms with Gasteiger partial charge in [-0.3, -0.25) is 4.79 Å². The second-order valence-corrected chi connectivity index (χ2v) is 10.3. The van der Waals surface area contributed by atoms with Crippen LogP contribution in [0.3, 0.4) is 0 Å². The lowest BCUT2D eigenvalue weighted by atomic mass is 9.05. The molecule has 8 nitrogen and oxygen atoms in total. The maximum atomic E-state index is 13.3. The summed E-state index contributed by atoms with van der Waals surface area (Å²) in [6.07, 6.45) is 6.24. The van der Waals surface area contributed by atoms with Crippen LogP contribution in [-0.4, -0.2) is 120 Å². The zero-order valence-corrected chi connectivity index (χ0v) is 22.1. The van der Waals surface area contributed by atoms with Gasteiger partial charge >= 0.3 is 0 Å². The number of hydrogen-bond acceptors (Lipinski definition) is 6. The molecule has 0 bridgehead atoms. The predicted octanol–water partition coefficient (Wildman–Crippen LogP) is -1.16. The molecule has 0 aliphatic carbocycles. The van der Waals surface area contributed by atoms with Crippen LogP contribution in [0, 0.1) is 0 Å². The minimum Gasteiger partial charge on any atom is -0.382 e. The summed E-state index contributed by atoms with van der Waals surface area (Å²) in [6, 6.07) is 8.06. The number of aromatic nitrogens is 5. The molecule has 5 heterocycles. The molecule has 1 fully saturated rings. The average molecular weight is 512 g/mol. The molecular formula is C23H13B10N7O. The van der Waals surface area contributed by atoms with Gasteiger partial charge in [-0.1, -0.05) is 0 Å². The van der Waals surface area contributed by atoms with Crippen molar-refractivity contribution in [3.8, 4) is 11.4 Å². The molecule has 4 aromatic heterocycles. The molecule has 4 aromatic rings. The Kier molecular flexibility index (Phi) is 6.75. The van der Waals surface area contributed by atoms with E-state index in [1.807, 2.05) is 23.7 Å². The molecule has 18 heteroatoms. The molecule has 41 heavy (non-hydrogen) atoms. The number of aryl methyl sites for hydroxylation is 1. The number of amides is 1. The van der Waals surface area contributed by atoms with Crippen LogP contribution < -0.4 is 10.2 Å². The van der Waals surface area contributed by atoms with Crippen molar-refractivity contribution < 1.29 is 4.79 Å². The van der Waals surface area contributed by atoms with E-state index in [1.165, 1.54) is 18.3 Å². The second-order valence-electron chi connectivity index (χ2n) is 10.3. The first-order valence-corrected chi connectivity index (χ1v) is 12.1. The van der Waals surface area contributed by atoms with E-state index in [0.29, 0.717) is 11.2 Å². The van der Waals surface area contributed by atoms with E-state index in [2.05, 4.69) is 25.3 Å².